The van der Waals surface area contributed by atoms with Crippen LogP contribution in [0.5, 0.6) is 11.5 Å². The Bertz CT molecular complexity index is 1010. The van der Waals surface area contributed by atoms with Crippen LogP contribution in [0.2, 0.25) is 0 Å². The van der Waals surface area contributed by atoms with E-state index >= 15 is 0 Å². The number of nitrogens with one attached hydrogen (secondary N) is 1. The lowest BCUT2D eigenvalue weighted by molar-refractivity contribution is -0.114. The van der Waals surface area contributed by atoms with Crippen LogP contribution >= 0.6 is 0 Å². The van der Waals surface area contributed by atoms with Crippen molar-refractivity contribution in [1.29, 1.82) is 0 Å². The highest BCUT2D eigenvalue weighted by Crippen LogP contribution is 2.40. The zero-order valence-corrected chi connectivity index (χ0v) is 21.3. The van der Waals surface area contributed by atoms with Gasteiger partial charge in [-0.15, -0.1) is 0 Å². The molecule has 2 atom stereocenters. The summed E-state index contributed by atoms with van der Waals surface area (Å²) in [5.74, 6) is 1.38. The first-order valence-corrected chi connectivity index (χ1v) is 13.4. The molecule has 2 aliphatic heterocycles. The van der Waals surface area contributed by atoms with E-state index in [0.717, 1.165) is 56.0 Å². The summed E-state index contributed by atoms with van der Waals surface area (Å²) in [5.41, 5.74) is 3.16. The van der Waals surface area contributed by atoms with Crippen molar-refractivity contribution in [2.75, 3.05) is 13.2 Å². The molecule has 184 valence electrons. The van der Waals surface area contributed by atoms with Crippen LogP contribution in [0.3, 0.4) is 0 Å². The van der Waals surface area contributed by atoms with E-state index in [9.17, 15) is 9.00 Å². The number of benzene rings is 2. The molecule has 2 aromatic rings. The first kappa shape index (κ1) is 26.0. The maximum atomic E-state index is 11.9. The van der Waals surface area contributed by atoms with Crippen molar-refractivity contribution in [2.45, 2.75) is 65.6 Å². The number of hydrogen-bond acceptors (Lipinski definition) is 5. The van der Waals surface area contributed by atoms with Gasteiger partial charge >= 0.3 is 0 Å². The first-order chi connectivity index (χ1) is 16.7. The van der Waals surface area contributed by atoms with Crippen LogP contribution in [0, 0.1) is 0 Å². The van der Waals surface area contributed by atoms with Gasteiger partial charge in [0.1, 0.15) is 23.7 Å². The van der Waals surface area contributed by atoms with Gasteiger partial charge in [0.25, 0.3) is 5.91 Å². The summed E-state index contributed by atoms with van der Waals surface area (Å²) < 4.78 is 32.3. The second-order valence-corrected chi connectivity index (χ2v) is 8.85. The molecule has 5 rings (SSSR count). The van der Waals surface area contributed by atoms with E-state index in [1.807, 2.05) is 58.0 Å². The zero-order valence-electron chi connectivity index (χ0n) is 20.5. The molecule has 7 heteroatoms. The molecule has 6 nitrogen and oxygen atoms in total. The molecule has 2 unspecified atom stereocenters. The summed E-state index contributed by atoms with van der Waals surface area (Å²) in [6.07, 6.45) is 5.26. The van der Waals surface area contributed by atoms with Crippen molar-refractivity contribution in [3.05, 3.63) is 65.2 Å². The van der Waals surface area contributed by atoms with Crippen LogP contribution in [0.4, 0.5) is 0 Å². The Balaban J connectivity index is 0.000000771. The average Bonchev–Trinajstić information content (AvgIpc) is 3.45. The van der Waals surface area contributed by atoms with Crippen LogP contribution in [0.15, 0.2) is 48.5 Å². The Kier molecular flexibility index (Phi) is 9.72. The molecule has 1 N–H and O–H groups in total. The largest absolute Gasteiger partial charge is 0.490 e. The molecule has 0 radical (unpaired) electrons. The zero-order chi connectivity index (χ0) is 24.5. The molecule has 3 aliphatic rings. The molecule has 0 bridgehead atoms. The van der Waals surface area contributed by atoms with Crippen molar-refractivity contribution in [3.8, 4) is 11.5 Å². The van der Waals surface area contributed by atoms with Crippen molar-refractivity contribution in [1.82, 2.24) is 4.72 Å². The summed E-state index contributed by atoms with van der Waals surface area (Å²) in [6, 6.07) is 13.6. The molecule has 0 aromatic heterocycles. The van der Waals surface area contributed by atoms with E-state index in [1.54, 1.807) is 0 Å². The van der Waals surface area contributed by atoms with Crippen LogP contribution < -0.4 is 14.2 Å². The predicted octanol–water partition coefficient (Wildman–Crippen LogP) is 5.50. The fraction of sp³-hybridized carbons (Fsp3) is 0.444. The first-order valence-electron chi connectivity index (χ1n) is 12.2. The Labute approximate surface area is 205 Å². The Morgan fingerprint density at radius 2 is 1.65 bits per heavy atom. The third-order valence-electron chi connectivity index (χ3n) is 5.71. The summed E-state index contributed by atoms with van der Waals surface area (Å²) in [7, 11) is -1.49. The summed E-state index contributed by atoms with van der Waals surface area (Å²) in [6.45, 7) is 9.52. The van der Waals surface area contributed by atoms with Crippen molar-refractivity contribution in [2.24, 2.45) is 0 Å². The second-order valence-electron chi connectivity index (χ2n) is 7.67. The van der Waals surface area contributed by atoms with E-state index in [-0.39, 0.29) is 18.1 Å². The Hall–Kier alpha value is -2.64. The molecular weight excluding hydrogens is 450 g/mol. The fourth-order valence-electron chi connectivity index (χ4n) is 4.19. The number of fused-ring (bicyclic) bond motifs is 1. The lowest BCUT2D eigenvalue weighted by atomic mass is 10.1. The van der Waals surface area contributed by atoms with Crippen LogP contribution in [-0.4, -0.2) is 29.4 Å². The third-order valence-corrected chi connectivity index (χ3v) is 6.85. The highest BCUT2D eigenvalue weighted by atomic mass is 32.2. The standard InChI is InChI=1S/C23H23NO5S.2C2H6/c25-23-14-22(30(26)24-23)15-4-6-16(7-5-15)28-21-9-8-19-18(21)2-1-3-20(19)29-17-10-12-27-13-11-17;2*1-2/h1-7,14,17,21H,8-13H2,(H,24,25);2*1-2H3. The summed E-state index contributed by atoms with van der Waals surface area (Å²) in [4.78, 5) is 11.9. The summed E-state index contributed by atoms with van der Waals surface area (Å²) in [5, 5.41) is 0. The molecule has 34 heavy (non-hydrogen) atoms. The van der Waals surface area contributed by atoms with Gasteiger partial charge in [-0.2, -0.15) is 0 Å². The van der Waals surface area contributed by atoms with Gasteiger partial charge in [-0.25, -0.2) is 4.21 Å². The van der Waals surface area contributed by atoms with E-state index in [2.05, 4.69) is 16.9 Å². The molecule has 1 saturated heterocycles. The topological polar surface area (TPSA) is 73.9 Å². The van der Waals surface area contributed by atoms with E-state index in [0.29, 0.717) is 4.91 Å². The SMILES string of the molecule is CC.CC.O=C1C=C(c2ccc(OC3CCc4c(OC5CCOCC5)cccc43)cc2)S(=O)N1. The van der Waals surface area contributed by atoms with Gasteiger partial charge in [0, 0.05) is 24.5 Å². The fourth-order valence-corrected chi connectivity index (χ4v) is 5.11. The highest BCUT2D eigenvalue weighted by Gasteiger charge is 2.28. The van der Waals surface area contributed by atoms with Gasteiger partial charge in [0.15, 0.2) is 11.0 Å². The minimum Gasteiger partial charge on any atom is -0.490 e. The van der Waals surface area contributed by atoms with Crippen molar-refractivity contribution >= 4 is 21.8 Å². The van der Waals surface area contributed by atoms with E-state index in [4.69, 9.17) is 14.2 Å². The third kappa shape index (κ3) is 6.07. The number of ether oxygens (including phenoxy) is 3. The van der Waals surface area contributed by atoms with Crippen LogP contribution in [-0.2, 0) is 26.9 Å². The number of carbonyl (C=O) groups is 1. The number of rotatable bonds is 5. The smallest absolute Gasteiger partial charge is 0.257 e. The molecular formula is C27H35NO5S. The lowest BCUT2D eigenvalue weighted by Crippen LogP contribution is -2.26. The maximum absolute atomic E-state index is 11.9. The highest BCUT2D eigenvalue weighted by molar-refractivity contribution is 7.93. The van der Waals surface area contributed by atoms with Crippen molar-refractivity contribution < 1.29 is 23.2 Å². The molecule has 1 fully saturated rings. The van der Waals surface area contributed by atoms with Gasteiger partial charge in [0.2, 0.25) is 0 Å². The lowest BCUT2D eigenvalue weighted by Gasteiger charge is -2.24. The van der Waals surface area contributed by atoms with Gasteiger partial charge in [0.05, 0.1) is 18.1 Å². The van der Waals surface area contributed by atoms with Gasteiger partial charge < -0.3 is 14.2 Å². The van der Waals surface area contributed by atoms with Crippen molar-refractivity contribution in [3.63, 3.8) is 0 Å². The minimum atomic E-state index is -1.49. The monoisotopic (exact) mass is 485 g/mol. The van der Waals surface area contributed by atoms with Gasteiger partial charge in [-0.3, -0.25) is 9.52 Å². The second kappa shape index (κ2) is 12.7. The van der Waals surface area contributed by atoms with E-state index < -0.39 is 11.0 Å². The minimum absolute atomic E-state index is 0.0211. The molecule has 0 saturated carbocycles. The van der Waals surface area contributed by atoms with Crippen LogP contribution in [0.1, 0.15) is 69.8 Å². The molecule has 1 amide bonds. The maximum Gasteiger partial charge on any atom is 0.257 e. The molecule has 0 spiro atoms. The number of carbonyl (C=O) groups excluding carboxylic acids is 1. The van der Waals surface area contributed by atoms with Gasteiger partial charge in [-0.05, 0) is 42.2 Å². The van der Waals surface area contributed by atoms with E-state index in [1.165, 1.54) is 17.2 Å². The summed E-state index contributed by atoms with van der Waals surface area (Å²) >= 11 is 0. The Morgan fingerprint density at radius 1 is 0.941 bits per heavy atom. The molecule has 1 aliphatic carbocycles. The van der Waals surface area contributed by atoms with Gasteiger partial charge in [-0.1, -0.05) is 52.0 Å². The number of amides is 1. The van der Waals surface area contributed by atoms with Crippen LogP contribution in [0.25, 0.3) is 4.91 Å². The number of hydrogen-bond donors (Lipinski definition) is 1. The average molecular weight is 486 g/mol. The quantitative estimate of drug-likeness (QED) is 0.606. The molecule has 2 heterocycles. The predicted molar refractivity (Wildman–Crippen MR) is 136 cm³/mol. The Morgan fingerprint density at radius 3 is 2.29 bits per heavy atom. The molecule has 2 aromatic carbocycles. The normalized spacial score (nSPS) is 21.2.